The van der Waals surface area contributed by atoms with E-state index in [1.807, 2.05) is 0 Å². The first-order chi connectivity index (χ1) is 8.00. The zero-order valence-corrected chi connectivity index (χ0v) is 10.1. The van der Waals surface area contributed by atoms with E-state index in [0.717, 1.165) is 0 Å². The molecule has 0 amide bonds. The van der Waals surface area contributed by atoms with Gasteiger partial charge in [-0.15, -0.1) is 0 Å². The van der Waals surface area contributed by atoms with Gasteiger partial charge in [0.1, 0.15) is 0 Å². The predicted octanol–water partition coefficient (Wildman–Crippen LogP) is 2.09. The van der Waals surface area contributed by atoms with Gasteiger partial charge in [0.2, 0.25) is 0 Å². The highest BCUT2D eigenvalue weighted by atomic mass is 14.9. The average Bonchev–Trinajstić information content (AvgIpc) is 2.51. The second-order valence-electron chi connectivity index (χ2n) is 1.81. The molecule has 6 N–H and O–H groups in total. The van der Waals surface area contributed by atoms with Gasteiger partial charge in [-0.05, 0) is 59.5 Å². The first kappa shape index (κ1) is 29.2. The van der Waals surface area contributed by atoms with E-state index in [-0.39, 0.29) is 0 Å². The fourth-order valence-electron chi connectivity index (χ4n) is 0.802. The maximum Gasteiger partial charge on any atom is -0.00489 e. The summed E-state index contributed by atoms with van der Waals surface area (Å²) in [4.78, 5) is 0. The van der Waals surface area contributed by atoms with E-state index >= 15 is 0 Å². The van der Waals surface area contributed by atoms with E-state index in [4.69, 9.17) is 27.0 Å². The lowest BCUT2D eigenvalue weighted by Crippen LogP contribution is -2.21. The smallest absolute Gasteiger partial charge is 0.00489 e. The van der Waals surface area contributed by atoms with E-state index < -0.39 is 0 Å². The zero-order valence-electron chi connectivity index (χ0n) is 10.1. The fraction of sp³-hybridized carbons (Fsp3) is 0.500. The summed E-state index contributed by atoms with van der Waals surface area (Å²) in [5.41, 5.74) is 0. The van der Waals surface area contributed by atoms with Crippen molar-refractivity contribution in [2.75, 3.05) is 13.1 Å². The summed E-state index contributed by atoms with van der Waals surface area (Å²) >= 11 is 0. The molecule has 0 unspecified atom stereocenters. The Hall–Kier alpha value is -1.69. The lowest BCUT2D eigenvalue weighted by Gasteiger charge is -2.08. The summed E-state index contributed by atoms with van der Waals surface area (Å²) in [5.74, 6) is 0. The highest BCUT2D eigenvalue weighted by Gasteiger charge is 1.93. The number of hydrogen-bond donors (Lipinski definition) is 6. The Morgan fingerprint density at radius 3 is 0.812 bits per heavy atom. The molecule has 6 heteroatoms. The molecule has 0 atom stereocenters. The van der Waals surface area contributed by atoms with Gasteiger partial charge in [-0.1, -0.05) is 6.42 Å². The Bertz CT molecular complexity index is 64.3. The Balaban J connectivity index is -0.0000000351. The summed E-state index contributed by atoms with van der Waals surface area (Å²) in [6.07, 6.45) is 4.22. The standard InChI is InChI=1S/C5H11N.5CH3N/c1-2-4-6-5-3-1;5*1-2/h6H,1-5H2;5*2H,1H2. The third kappa shape index (κ3) is 84.8. The molecule has 1 saturated heterocycles. The van der Waals surface area contributed by atoms with Gasteiger partial charge in [-0.25, -0.2) is 0 Å². The molecule has 0 aromatic carbocycles. The van der Waals surface area contributed by atoms with Crippen LogP contribution >= 0.6 is 0 Å². The molecule has 1 aliphatic heterocycles. The summed E-state index contributed by atoms with van der Waals surface area (Å²) in [6.45, 7) is 15.0. The summed E-state index contributed by atoms with van der Waals surface area (Å²) < 4.78 is 0. The first-order valence-corrected chi connectivity index (χ1v) is 4.47. The van der Waals surface area contributed by atoms with E-state index in [1.165, 1.54) is 32.4 Å². The topological polar surface area (TPSA) is 131 Å². The van der Waals surface area contributed by atoms with Gasteiger partial charge < -0.3 is 32.4 Å². The molecule has 0 aromatic heterocycles. The van der Waals surface area contributed by atoms with Crippen molar-refractivity contribution >= 4 is 33.6 Å². The van der Waals surface area contributed by atoms with E-state index in [0.29, 0.717) is 0 Å². The molecule has 0 saturated carbocycles. The average molecular weight is 230 g/mol. The van der Waals surface area contributed by atoms with Crippen LogP contribution in [0.1, 0.15) is 19.3 Å². The Kier molecular flexibility index (Phi) is 198. The van der Waals surface area contributed by atoms with Crippen molar-refractivity contribution in [3.8, 4) is 0 Å². The van der Waals surface area contributed by atoms with Crippen molar-refractivity contribution < 1.29 is 0 Å². The largest absolute Gasteiger partial charge is 0.317 e. The number of hydrogen-bond acceptors (Lipinski definition) is 6. The van der Waals surface area contributed by atoms with Gasteiger partial charge in [-0.2, -0.15) is 0 Å². The number of rotatable bonds is 0. The molecule has 0 aliphatic carbocycles. The minimum atomic E-state index is 1.25. The van der Waals surface area contributed by atoms with Gasteiger partial charge in [0.25, 0.3) is 0 Å². The molecule has 0 bridgehead atoms. The molecule has 16 heavy (non-hydrogen) atoms. The molecule has 0 aromatic rings. The van der Waals surface area contributed by atoms with Crippen LogP contribution in [-0.4, -0.2) is 46.7 Å². The molecule has 1 rings (SSSR count). The molecule has 6 nitrogen and oxygen atoms in total. The number of nitrogens with one attached hydrogen (secondary N) is 6. The second-order valence-corrected chi connectivity index (χ2v) is 1.81. The minimum absolute atomic E-state index is 1.25. The Morgan fingerprint density at radius 2 is 0.750 bits per heavy atom. The van der Waals surface area contributed by atoms with Crippen LogP contribution in [-0.2, 0) is 0 Å². The molecule has 1 aliphatic rings. The van der Waals surface area contributed by atoms with Crippen LogP contribution < -0.4 is 5.32 Å². The molecular weight excluding hydrogens is 204 g/mol. The van der Waals surface area contributed by atoms with Crippen molar-refractivity contribution in [1.29, 1.82) is 27.0 Å². The lowest BCUT2D eigenvalue weighted by atomic mass is 10.2. The maximum absolute atomic E-state index is 5.50. The van der Waals surface area contributed by atoms with Gasteiger partial charge in [0.05, 0.1) is 0 Å². The third-order valence-corrected chi connectivity index (χ3v) is 1.21. The Labute approximate surface area is 99.0 Å². The maximum atomic E-state index is 5.50. The van der Waals surface area contributed by atoms with Gasteiger partial charge in [0.15, 0.2) is 0 Å². The highest BCUT2D eigenvalue weighted by molar-refractivity contribution is 5.16. The summed E-state index contributed by atoms with van der Waals surface area (Å²) in [5, 5.41) is 30.8. The highest BCUT2D eigenvalue weighted by Crippen LogP contribution is 1.96. The van der Waals surface area contributed by atoms with Crippen molar-refractivity contribution in [2.24, 2.45) is 0 Å². The fourth-order valence-corrected chi connectivity index (χ4v) is 0.802. The SMILES string of the molecule is C1CCNCC1.C=N.C=N.C=N.C=N.C=N. The van der Waals surface area contributed by atoms with Crippen molar-refractivity contribution in [2.45, 2.75) is 19.3 Å². The molecule has 96 valence electrons. The van der Waals surface area contributed by atoms with Crippen LogP contribution in [0.5, 0.6) is 0 Å². The van der Waals surface area contributed by atoms with Crippen LogP contribution in [0, 0.1) is 27.0 Å². The van der Waals surface area contributed by atoms with Crippen molar-refractivity contribution in [3.05, 3.63) is 0 Å². The van der Waals surface area contributed by atoms with E-state index in [2.05, 4.69) is 38.9 Å². The predicted molar refractivity (Wildman–Crippen MR) is 75.9 cm³/mol. The third-order valence-electron chi connectivity index (χ3n) is 1.21. The normalized spacial score (nSPS) is 10.2. The first-order valence-electron chi connectivity index (χ1n) is 4.47. The second kappa shape index (κ2) is 109. The van der Waals surface area contributed by atoms with Crippen LogP contribution in [0.25, 0.3) is 0 Å². The van der Waals surface area contributed by atoms with Crippen molar-refractivity contribution in [1.82, 2.24) is 5.32 Å². The lowest BCUT2D eigenvalue weighted by molar-refractivity contribution is 0.520. The van der Waals surface area contributed by atoms with Crippen LogP contribution in [0.4, 0.5) is 0 Å². The van der Waals surface area contributed by atoms with Gasteiger partial charge >= 0.3 is 0 Å². The molecule has 0 spiro atoms. The van der Waals surface area contributed by atoms with Gasteiger partial charge in [-0.3, -0.25) is 0 Å². The van der Waals surface area contributed by atoms with Gasteiger partial charge in [0, 0.05) is 0 Å². The quantitative estimate of drug-likeness (QED) is 0.349. The zero-order chi connectivity index (χ0) is 14.2. The number of piperidine rings is 1. The van der Waals surface area contributed by atoms with E-state index in [9.17, 15) is 0 Å². The summed E-state index contributed by atoms with van der Waals surface area (Å²) in [6, 6.07) is 0. The van der Waals surface area contributed by atoms with Crippen LogP contribution in [0.2, 0.25) is 0 Å². The Morgan fingerprint density at radius 1 is 0.500 bits per heavy atom. The minimum Gasteiger partial charge on any atom is -0.317 e. The van der Waals surface area contributed by atoms with E-state index in [1.54, 1.807) is 0 Å². The van der Waals surface area contributed by atoms with Crippen LogP contribution in [0.3, 0.4) is 0 Å². The molecule has 0 radical (unpaired) electrons. The van der Waals surface area contributed by atoms with Crippen molar-refractivity contribution in [3.63, 3.8) is 0 Å². The molecule has 1 fully saturated rings. The monoisotopic (exact) mass is 230 g/mol. The van der Waals surface area contributed by atoms with Crippen LogP contribution in [0.15, 0.2) is 0 Å². The molecule has 1 heterocycles. The molecular formula is C10H26N6. The summed E-state index contributed by atoms with van der Waals surface area (Å²) in [7, 11) is 0.